The number of benzene rings is 1. The van der Waals surface area contributed by atoms with Gasteiger partial charge in [0.05, 0.1) is 4.92 Å². The van der Waals surface area contributed by atoms with Gasteiger partial charge in [-0.25, -0.2) is 0 Å². The molecule has 1 heterocycles. The average molecular weight is 298 g/mol. The normalized spacial score (nSPS) is 22.2. The highest BCUT2D eigenvalue weighted by Crippen LogP contribution is 2.26. The molecule has 0 aliphatic carbocycles. The summed E-state index contributed by atoms with van der Waals surface area (Å²) in [5.74, 6) is 0.202. The second-order valence-electron chi connectivity index (χ2n) is 4.56. The van der Waals surface area contributed by atoms with Gasteiger partial charge >= 0.3 is 5.69 Å². The van der Waals surface area contributed by atoms with Crippen LogP contribution in [0.1, 0.15) is 23.2 Å². The Morgan fingerprint density at radius 1 is 1.40 bits per heavy atom. The van der Waals surface area contributed by atoms with E-state index < -0.39 is 33.1 Å². The van der Waals surface area contributed by atoms with Gasteiger partial charge in [0.1, 0.15) is 0 Å². The van der Waals surface area contributed by atoms with E-state index >= 15 is 0 Å². The van der Waals surface area contributed by atoms with E-state index in [0.29, 0.717) is 24.3 Å². The minimum atomic E-state index is -0.799. The summed E-state index contributed by atoms with van der Waals surface area (Å²) in [5.41, 5.74) is -0.269. The quantitative estimate of drug-likeness (QED) is 0.637. The Bertz CT molecular complexity index is 565. The summed E-state index contributed by atoms with van der Waals surface area (Å²) >= 11 is 0. The smallest absolute Gasteiger partial charge is 0.310 e. The Hall–Kier alpha value is -1.96. The summed E-state index contributed by atoms with van der Waals surface area (Å²) in [7, 11) is -0.799. The first-order chi connectivity index (χ1) is 9.47. The molecule has 7 nitrogen and oxygen atoms in total. The molecule has 2 N–H and O–H groups in total. The highest BCUT2D eigenvalue weighted by molar-refractivity contribution is 7.85. The summed E-state index contributed by atoms with van der Waals surface area (Å²) in [6, 6.07) is 3.43. The number of nitrogens with zero attached hydrogens (tertiary/aromatic N) is 1. The number of phenols is 1. The number of carbonyl (C=O) groups excluding carboxylic acids is 1. The Morgan fingerprint density at radius 3 is 2.60 bits per heavy atom. The fourth-order valence-corrected chi connectivity index (χ4v) is 3.32. The molecule has 0 radical (unpaired) electrons. The van der Waals surface area contributed by atoms with Gasteiger partial charge in [-0.1, -0.05) is 0 Å². The second-order valence-corrected chi connectivity index (χ2v) is 6.25. The molecule has 1 amide bonds. The maximum Gasteiger partial charge on any atom is 0.310 e. The maximum atomic E-state index is 12.0. The van der Waals surface area contributed by atoms with Gasteiger partial charge in [0.2, 0.25) is 0 Å². The van der Waals surface area contributed by atoms with Crippen LogP contribution >= 0.6 is 0 Å². The zero-order valence-corrected chi connectivity index (χ0v) is 11.4. The van der Waals surface area contributed by atoms with E-state index in [1.807, 2.05) is 0 Å². The predicted octanol–water partition coefficient (Wildman–Crippen LogP) is 0.941. The van der Waals surface area contributed by atoms with Gasteiger partial charge < -0.3 is 10.4 Å². The standard InChI is InChI=1S/C12H14N2O5S/c15-11-7-8(1-2-10(11)14(17)18)12(16)13-9-3-5-20(19)6-4-9/h1-2,7,9,15H,3-6H2,(H,13,16). The number of amides is 1. The molecule has 1 fully saturated rings. The van der Waals surface area contributed by atoms with Crippen molar-refractivity contribution in [1.82, 2.24) is 5.32 Å². The van der Waals surface area contributed by atoms with Crippen LogP contribution in [0.3, 0.4) is 0 Å². The van der Waals surface area contributed by atoms with Crippen molar-refractivity contribution in [2.45, 2.75) is 18.9 Å². The Morgan fingerprint density at radius 2 is 2.05 bits per heavy atom. The molecule has 8 heteroatoms. The number of rotatable bonds is 3. The molecule has 1 aliphatic heterocycles. The summed E-state index contributed by atoms with van der Waals surface area (Å²) in [6.07, 6.45) is 1.30. The van der Waals surface area contributed by atoms with Crippen molar-refractivity contribution in [2.24, 2.45) is 0 Å². The molecular formula is C12H14N2O5S. The van der Waals surface area contributed by atoms with Gasteiger partial charge in [0.25, 0.3) is 5.91 Å². The van der Waals surface area contributed by atoms with Crippen molar-refractivity contribution in [2.75, 3.05) is 11.5 Å². The molecule has 108 valence electrons. The third kappa shape index (κ3) is 3.32. The van der Waals surface area contributed by atoms with Gasteiger partial charge in [-0.3, -0.25) is 19.1 Å². The van der Waals surface area contributed by atoms with Crippen molar-refractivity contribution in [1.29, 1.82) is 0 Å². The van der Waals surface area contributed by atoms with Crippen molar-refractivity contribution in [3.63, 3.8) is 0 Å². The van der Waals surface area contributed by atoms with Gasteiger partial charge in [-0.2, -0.15) is 0 Å². The number of nitro benzene ring substituents is 1. The number of hydrogen-bond acceptors (Lipinski definition) is 5. The summed E-state index contributed by atoms with van der Waals surface area (Å²) in [5, 5.41) is 22.8. The third-order valence-corrected chi connectivity index (χ3v) is 4.54. The third-order valence-electron chi connectivity index (χ3n) is 3.16. The molecule has 20 heavy (non-hydrogen) atoms. The lowest BCUT2D eigenvalue weighted by atomic mass is 10.1. The van der Waals surface area contributed by atoms with Gasteiger partial charge in [0.15, 0.2) is 5.75 Å². The first kappa shape index (κ1) is 14.4. The Kier molecular flexibility index (Phi) is 4.33. The fraction of sp³-hybridized carbons (Fsp3) is 0.417. The largest absolute Gasteiger partial charge is 0.502 e. The zero-order chi connectivity index (χ0) is 14.7. The van der Waals surface area contributed by atoms with E-state index in [1.165, 1.54) is 6.07 Å². The van der Waals surface area contributed by atoms with E-state index in [1.54, 1.807) is 0 Å². The minimum absolute atomic E-state index is 0.0439. The number of nitro groups is 1. The SMILES string of the molecule is O=C(NC1CCS(=O)CC1)c1ccc([N+](=O)[O-])c(O)c1. The first-order valence-corrected chi connectivity index (χ1v) is 7.59. The topological polar surface area (TPSA) is 110 Å². The molecule has 0 saturated carbocycles. The summed E-state index contributed by atoms with van der Waals surface area (Å²) < 4.78 is 11.2. The van der Waals surface area contributed by atoms with Crippen molar-refractivity contribution in [3.05, 3.63) is 33.9 Å². The van der Waals surface area contributed by atoms with Crippen LogP contribution in [0.15, 0.2) is 18.2 Å². The van der Waals surface area contributed by atoms with Crippen LogP contribution in [0.5, 0.6) is 5.75 Å². The second kappa shape index (κ2) is 6.00. The number of nitrogens with one attached hydrogen (secondary N) is 1. The van der Waals surface area contributed by atoms with Crippen LogP contribution in [-0.4, -0.2) is 37.7 Å². The van der Waals surface area contributed by atoms with Crippen molar-refractivity contribution in [3.8, 4) is 5.75 Å². The highest BCUT2D eigenvalue weighted by atomic mass is 32.2. The van der Waals surface area contributed by atoms with Crippen LogP contribution in [0.25, 0.3) is 0 Å². The fourth-order valence-electron chi connectivity index (χ4n) is 2.03. The number of carbonyl (C=O) groups is 1. The maximum absolute atomic E-state index is 12.0. The van der Waals surface area contributed by atoms with E-state index in [9.17, 15) is 24.2 Å². The number of hydrogen-bond donors (Lipinski definition) is 2. The molecule has 1 aliphatic rings. The predicted molar refractivity (Wildman–Crippen MR) is 73.1 cm³/mol. The average Bonchev–Trinajstić information content (AvgIpc) is 2.40. The lowest BCUT2D eigenvalue weighted by Gasteiger charge is -2.22. The molecular weight excluding hydrogens is 284 g/mol. The Balaban J connectivity index is 2.04. The molecule has 0 unspecified atom stereocenters. The van der Waals surface area contributed by atoms with E-state index in [2.05, 4.69) is 5.32 Å². The van der Waals surface area contributed by atoms with Crippen LogP contribution in [0, 0.1) is 10.1 Å². The minimum Gasteiger partial charge on any atom is -0.502 e. The molecule has 1 saturated heterocycles. The lowest BCUT2D eigenvalue weighted by Crippen LogP contribution is -2.39. The zero-order valence-electron chi connectivity index (χ0n) is 10.6. The van der Waals surface area contributed by atoms with Crippen LogP contribution in [0.2, 0.25) is 0 Å². The number of aromatic hydroxyl groups is 1. The molecule has 1 aromatic rings. The molecule has 0 atom stereocenters. The molecule has 0 bridgehead atoms. The molecule has 1 aromatic carbocycles. The summed E-state index contributed by atoms with van der Waals surface area (Å²) in [4.78, 5) is 21.8. The lowest BCUT2D eigenvalue weighted by molar-refractivity contribution is -0.385. The monoisotopic (exact) mass is 298 g/mol. The van der Waals surface area contributed by atoms with E-state index in [-0.39, 0.29) is 11.6 Å². The molecule has 2 rings (SSSR count). The van der Waals surface area contributed by atoms with Crippen LogP contribution < -0.4 is 5.32 Å². The van der Waals surface area contributed by atoms with Crippen molar-refractivity contribution >= 4 is 22.4 Å². The van der Waals surface area contributed by atoms with E-state index in [0.717, 1.165) is 12.1 Å². The van der Waals surface area contributed by atoms with Gasteiger partial charge in [-0.15, -0.1) is 0 Å². The van der Waals surface area contributed by atoms with Crippen LogP contribution in [-0.2, 0) is 10.8 Å². The van der Waals surface area contributed by atoms with Crippen LogP contribution in [0.4, 0.5) is 5.69 Å². The van der Waals surface area contributed by atoms with E-state index in [4.69, 9.17) is 0 Å². The highest BCUT2D eigenvalue weighted by Gasteiger charge is 2.21. The number of phenolic OH excluding ortho intramolecular Hbond substituents is 1. The van der Waals surface area contributed by atoms with Crippen molar-refractivity contribution < 1.29 is 19.0 Å². The first-order valence-electron chi connectivity index (χ1n) is 6.10. The Labute approximate surface area is 117 Å². The van der Waals surface area contributed by atoms with Gasteiger partial charge in [0, 0.05) is 40.0 Å². The van der Waals surface area contributed by atoms with Gasteiger partial charge in [-0.05, 0) is 25.0 Å². The summed E-state index contributed by atoms with van der Waals surface area (Å²) in [6.45, 7) is 0. The molecule has 0 spiro atoms. The molecule has 0 aromatic heterocycles.